The van der Waals surface area contributed by atoms with Crippen molar-refractivity contribution in [3.63, 3.8) is 0 Å². The number of aromatic amines is 1. The molecule has 102 valence electrons. The Kier molecular flexibility index (Phi) is 3.53. The first-order chi connectivity index (χ1) is 8.86. The van der Waals surface area contributed by atoms with Crippen LogP contribution in [0.15, 0.2) is 23.1 Å². The van der Waals surface area contributed by atoms with Crippen LogP contribution in [0.3, 0.4) is 0 Å². The number of nitrogens with two attached hydrogens (primary N) is 1. The topological polar surface area (TPSA) is 105 Å². The number of H-pyrrole nitrogens is 1. The van der Waals surface area contributed by atoms with E-state index in [9.17, 15) is 13.2 Å². The van der Waals surface area contributed by atoms with Gasteiger partial charge in [0.05, 0.1) is 0 Å². The molecule has 0 unspecified atom stereocenters. The van der Waals surface area contributed by atoms with Crippen molar-refractivity contribution in [2.75, 3.05) is 6.54 Å². The molecule has 19 heavy (non-hydrogen) atoms. The molecule has 0 fully saturated rings. The highest BCUT2D eigenvalue weighted by Gasteiger charge is 2.26. The van der Waals surface area contributed by atoms with E-state index >= 15 is 0 Å². The molecule has 0 saturated carbocycles. The Balaban J connectivity index is 2.85. The summed E-state index contributed by atoms with van der Waals surface area (Å²) in [5, 5.41) is 0.706. The lowest BCUT2D eigenvalue weighted by Crippen LogP contribution is -2.26. The standard InChI is InChI=1S/C11H12ClN3O3S/c1-2-14-19(17,18)10-7-5-6(12)3-4-8(7)15-9(10)11(13)16/h3-5,14-15H,2H2,1H3,(H2,13,16). The fraction of sp³-hybridized carbons (Fsp3) is 0.182. The predicted octanol–water partition coefficient (Wildman–Crippen LogP) is 1.22. The van der Waals surface area contributed by atoms with Crippen LogP contribution in [-0.4, -0.2) is 25.9 Å². The molecule has 0 spiro atoms. The molecule has 1 amide bonds. The van der Waals surface area contributed by atoms with Crippen LogP contribution in [0.2, 0.25) is 5.02 Å². The highest BCUT2D eigenvalue weighted by molar-refractivity contribution is 7.89. The van der Waals surface area contributed by atoms with E-state index in [-0.39, 0.29) is 17.1 Å². The maximum absolute atomic E-state index is 12.2. The first-order valence-corrected chi connectivity index (χ1v) is 7.33. The number of fused-ring (bicyclic) bond motifs is 1. The zero-order chi connectivity index (χ0) is 14.2. The maximum Gasteiger partial charge on any atom is 0.266 e. The Hall–Kier alpha value is -1.57. The molecular formula is C11H12ClN3O3S. The Morgan fingerprint density at radius 3 is 2.74 bits per heavy atom. The van der Waals surface area contributed by atoms with Gasteiger partial charge in [-0.1, -0.05) is 18.5 Å². The Labute approximate surface area is 115 Å². The van der Waals surface area contributed by atoms with E-state index in [1.165, 1.54) is 6.07 Å². The molecule has 0 saturated heterocycles. The van der Waals surface area contributed by atoms with Crippen LogP contribution in [0.5, 0.6) is 0 Å². The highest BCUT2D eigenvalue weighted by atomic mass is 35.5. The van der Waals surface area contributed by atoms with E-state index in [2.05, 4.69) is 9.71 Å². The van der Waals surface area contributed by atoms with Crippen molar-refractivity contribution in [3.05, 3.63) is 28.9 Å². The summed E-state index contributed by atoms with van der Waals surface area (Å²) in [4.78, 5) is 13.9. The van der Waals surface area contributed by atoms with Crippen LogP contribution >= 0.6 is 11.6 Å². The molecular weight excluding hydrogens is 290 g/mol. The largest absolute Gasteiger partial charge is 0.364 e. The van der Waals surface area contributed by atoms with Crippen molar-refractivity contribution in [2.24, 2.45) is 5.73 Å². The third kappa shape index (κ3) is 2.44. The van der Waals surface area contributed by atoms with Crippen LogP contribution in [0.25, 0.3) is 10.9 Å². The Morgan fingerprint density at radius 2 is 2.16 bits per heavy atom. The predicted molar refractivity (Wildman–Crippen MR) is 72.7 cm³/mol. The van der Waals surface area contributed by atoms with Crippen LogP contribution in [0, 0.1) is 0 Å². The van der Waals surface area contributed by atoms with Gasteiger partial charge in [-0.15, -0.1) is 0 Å². The van der Waals surface area contributed by atoms with Crippen molar-refractivity contribution >= 4 is 38.4 Å². The summed E-state index contributed by atoms with van der Waals surface area (Å²) < 4.78 is 26.7. The number of hydrogen-bond acceptors (Lipinski definition) is 3. The fourth-order valence-corrected chi connectivity index (χ4v) is 3.43. The van der Waals surface area contributed by atoms with Gasteiger partial charge in [0, 0.05) is 22.5 Å². The molecule has 1 aromatic heterocycles. The Bertz CT molecular complexity index is 752. The average molecular weight is 302 g/mol. The summed E-state index contributed by atoms with van der Waals surface area (Å²) >= 11 is 5.86. The number of carbonyl (C=O) groups is 1. The highest BCUT2D eigenvalue weighted by Crippen LogP contribution is 2.29. The number of carbonyl (C=O) groups excluding carboxylic acids is 1. The van der Waals surface area contributed by atoms with Crippen LogP contribution in [-0.2, 0) is 10.0 Å². The van der Waals surface area contributed by atoms with Crippen LogP contribution in [0.1, 0.15) is 17.4 Å². The summed E-state index contributed by atoms with van der Waals surface area (Å²) in [7, 11) is -3.83. The second-order valence-corrected chi connectivity index (χ2v) is 6.02. The molecule has 1 heterocycles. The molecule has 8 heteroatoms. The summed E-state index contributed by atoms with van der Waals surface area (Å²) in [6, 6.07) is 4.66. The number of rotatable bonds is 4. The van der Waals surface area contributed by atoms with E-state index in [0.29, 0.717) is 15.9 Å². The molecule has 0 radical (unpaired) electrons. The third-order valence-electron chi connectivity index (χ3n) is 2.56. The van der Waals surface area contributed by atoms with Gasteiger partial charge in [-0.3, -0.25) is 4.79 Å². The number of nitrogens with one attached hydrogen (secondary N) is 2. The normalized spacial score (nSPS) is 11.9. The van der Waals surface area contributed by atoms with Crippen molar-refractivity contribution in [1.82, 2.24) is 9.71 Å². The molecule has 2 rings (SSSR count). The molecule has 1 aromatic carbocycles. The van der Waals surface area contributed by atoms with Gasteiger partial charge in [-0.25, -0.2) is 13.1 Å². The Morgan fingerprint density at radius 1 is 1.47 bits per heavy atom. The van der Waals surface area contributed by atoms with Crippen LogP contribution < -0.4 is 10.5 Å². The van der Waals surface area contributed by atoms with E-state index < -0.39 is 15.9 Å². The van der Waals surface area contributed by atoms with Gasteiger partial charge in [0.2, 0.25) is 10.0 Å². The van der Waals surface area contributed by atoms with Crippen LogP contribution in [0.4, 0.5) is 0 Å². The molecule has 0 aliphatic carbocycles. The van der Waals surface area contributed by atoms with E-state index in [4.69, 9.17) is 17.3 Å². The third-order valence-corrected chi connectivity index (χ3v) is 4.43. The van der Waals surface area contributed by atoms with Gasteiger partial charge in [-0.2, -0.15) is 0 Å². The molecule has 2 aromatic rings. The monoisotopic (exact) mass is 301 g/mol. The van der Waals surface area contributed by atoms with E-state index in [1.54, 1.807) is 19.1 Å². The lowest BCUT2D eigenvalue weighted by molar-refractivity contribution is 0.0993. The lowest BCUT2D eigenvalue weighted by Gasteiger charge is -2.05. The molecule has 0 bridgehead atoms. The summed E-state index contributed by atoms with van der Waals surface area (Å²) in [5.41, 5.74) is 5.54. The molecule has 4 N–H and O–H groups in total. The number of halogens is 1. The molecule has 0 atom stereocenters. The minimum Gasteiger partial charge on any atom is -0.364 e. The second kappa shape index (κ2) is 4.84. The van der Waals surface area contributed by atoms with Gasteiger partial charge in [0.15, 0.2) is 0 Å². The number of sulfonamides is 1. The quantitative estimate of drug-likeness (QED) is 0.790. The number of benzene rings is 1. The summed E-state index contributed by atoms with van der Waals surface area (Å²) in [6.07, 6.45) is 0. The van der Waals surface area contributed by atoms with Crippen molar-refractivity contribution < 1.29 is 13.2 Å². The molecule has 6 nitrogen and oxygen atoms in total. The summed E-state index contributed by atoms with van der Waals surface area (Å²) in [5.74, 6) is -0.844. The summed E-state index contributed by atoms with van der Waals surface area (Å²) in [6.45, 7) is 1.84. The average Bonchev–Trinajstić information content (AvgIpc) is 2.68. The molecule has 0 aliphatic heterocycles. The SMILES string of the molecule is CCNS(=O)(=O)c1c(C(N)=O)[nH]c2ccc(Cl)cc12. The zero-order valence-electron chi connectivity index (χ0n) is 10.0. The van der Waals surface area contributed by atoms with E-state index in [1.807, 2.05) is 0 Å². The van der Waals surface area contributed by atoms with Crippen molar-refractivity contribution in [3.8, 4) is 0 Å². The van der Waals surface area contributed by atoms with E-state index in [0.717, 1.165) is 0 Å². The van der Waals surface area contributed by atoms with Crippen molar-refractivity contribution in [2.45, 2.75) is 11.8 Å². The van der Waals surface area contributed by atoms with Gasteiger partial charge < -0.3 is 10.7 Å². The minimum absolute atomic E-state index is 0.154. The number of aromatic nitrogens is 1. The zero-order valence-corrected chi connectivity index (χ0v) is 11.6. The number of hydrogen-bond donors (Lipinski definition) is 3. The fourth-order valence-electron chi connectivity index (χ4n) is 1.85. The second-order valence-electron chi connectivity index (χ2n) is 3.88. The van der Waals surface area contributed by atoms with Gasteiger partial charge in [0.1, 0.15) is 10.6 Å². The first kappa shape index (κ1) is 13.9. The number of amides is 1. The maximum atomic E-state index is 12.2. The minimum atomic E-state index is -3.83. The number of primary amides is 1. The lowest BCUT2D eigenvalue weighted by atomic mass is 10.2. The molecule has 0 aliphatic rings. The van der Waals surface area contributed by atoms with Crippen molar-refractivity contribution in [1.29, 1.82) is 0 Å². The first-order valence-electron chi connectivity index (χ1n) is 5.47. The smallest absolute Gasteiger partial charge is 0.266 e. The van der Waals surface area contributed by atoms with Gasteiger partial charge in [0.25, 0.3) is 5.91 Å². The van der Waals surface area contributed by atoms with Gasteiger partial charge in [-0.05, 0) is 18.2 Å². The van der Waals surface area contributed by atoms with Gasteiger partial charge >= 0.3 is 0 Å².